The predicted octanol–water partition coefficient (Wildman–Crippen LogP) is 2.99. The summed E-state index contributed by atoms with van der Waals surface area (Å²) in [5.74, 6) is -21.6. The number of carboxylic acid groups (broad SMARTS) is 1. The van der Waals surface area contributed by atoms with E-state index in [1.165, 1.54) is 4.79 Å². The van der Waals surface area contributed by atoms with E-state index in [1.807, 2.05) is 0 Å². The standard InChI is InChI=1S/C8H5F9N2O2/c9-5(10,1-2-6(11,12)13)8(16,17)7(14,15)3(19-18)4(20)21/h1-2H2,(H,20,21). The van der Waals surface area contributed by atoms with Gasteiger partial charge in [-0.15, -0.1) is 0 Å². The first-order valence-electron chi connectivity index (χ1n) is 4.76. The molecule has 0 aromatic heterocycles. The van der Waals surface area contributed by atoms with E-state index >= 15 is 0 Å². The third kappa shape index (κ3) is 3.86. The average Bonchev–Trinajstić information content (AvgIpc) is 2.25. The monoisotopic (exact) mass is 332 g/mol. The average molecular weight is 332 g/mol. The van der Waals surface area contributed by atoms with Crippen molar-refractivity contribution in [2.75, 3.05) is 0 Å². The normalized spacial score (nSPS) is 13.8. The van der Waals surface area contributed by atoms with Crippen LogP contribution in [-0.2, 0) is 4.79 Å². The lowest BCUT2D eigenvalue weighted by molar-refractivity contribution is -0.298. The maximum Gasteiger partial charge on any atom is 0.450 e. The summed E-state index contributed by atoms with van der Waals surface area (Å²) in [6.07, 6.45) is -10.5. The topological polar surface area (TPSA) is 73.7 Å². The Morgan fingerprint density at radius 2 is 1.38 bits per heavy atom. The lowest BCUT2D eigenvalue weighted by atomic mass is 9.96. The fourth-order valence-electron chi connectivity index (χ4n) is 1.07. The molecule has 0 aliphatic heterocycles. The van der Waals surface area contributed by atoms with Gasteiger partial charge in [0, 0.05) is 12.8 Å². The molecule has 13 heteroatoms. The number of alkyl halides is 9. The molecule has 0 aromatic carbocycles. The molecule has 0 fully saturated rings. The molecule has 0 amide bonds. The van der Waals surface area contributed by atoms with Crippen LogP contribution in [0.25, 0.3) is 5.53 Å². The summed E-state index contributed by atoms with van der Waals surface area (Å²) in [6.45, 7) is 0. The van der Waals surface area contributed by atoms with Crippen LogP contribution < -0.4 is 0 Å². The molecule has 0 aromatic rings. The molecule has 0 radical (unpaired) electrons. The lowest BCUT2D eigenvalue weighted by Gasteiger charge is -2.30. The van der Waals surface area contributed by atoms with E-state index in [2.05, 4.69) is 0 Å². The Balaban J connectivity index is 5.62. The Kier molecular flexibility index (Phi) is 5.07. The summed E-state index contributed by atoms with van der Waals surface area (Å²) < 4.78 is 113. The first kappa shape index (κ1) is 19.2. The van der Waals surface area contributed by atoms with E-state index < -0.39 is 48.5 Å². The molecular weight excluding hydrogens is 327 g/mol. The van der Waals surface area contributed by atoms with E-state index in [0.717, 1.165) is 0 Å². The summed E-state index contributed by atoms with van der Waals surface area (Å²) in [4.78, 5) is 11.4. The second-order valence-corrected chi connectivity index (χ2v) is 3.72. The number of aliphatic carboxylic acids is 1. The molecule has 0 atom stereocenters. The van der Waals surface area contributed by atoms with Crippen LogP contribution in [0.1, 0.15) is 12.8 Å². The minimum atomic E-state index is -6.52. The Morgan fingerprint density at radius 1 is 0.952 bits per heavy atom. The van der Waals surface area contributed by atoms with Gasteiger partial charge in [-0.05, 0) is 0 Å². The molecule has 0 rings (SSSR count). The summed E-state index contributed by atoms with van der Waals surface area (Å²) in [7, 11) is 0. The molecule has 0 unspecified atom stereocenters. The number of hydrogen-bond donors (Lipinski definition) is 1. The number of rotatable bonds is 6. The van der Waals surface area contributed by atoms with Crippen LogP contribution in [0.5, 0.6) is 0 Å². The van der Waals surface area contributed by atoms with E-state index in [4.69, 9.17) is 10.6 Å². The zero-order valence-electron chi connectivity index (χ0n) is 9.57. The Morgan fingerprint density at radius 3 is 1.67 bits per heavy atom. The van der Waals surface area contributed by atoms with Crippen molar-refractivity contribution in [1.29, 1.82) is 0 Å². The predicted molar refractivity (Wildman–Crippen MR) is 46.4 cm³/mol. The molecule has 0 saturated heterocycles. The van der Waals surface area contributed by atoms with Crippen LogP contribution in [0.3, 0.4) is 0 Å². The van der Waals surface area contributed by atoms with Gasteiger partial charge < -0.3 is 10.6 Å². The molecule has 21 heavy (non-hydrogen) atoms. The summed E-state index contributed by atoms with van der Waals surface area (Å²) >= 11 is 0. The number of halogens is 9. The van der Waals surface area contributed by atoms with Gasteiger partial charge in [-0.25, -0.2) is 4.79 Å². The van der Waals surface area contributed by atoms with Crippen molar-refractivity contribution in [1.82, 2.24) is 0 Å². The SMILES string of the molecule is [N-]=[N+]=C(C(=O)O)C(F)(F)C(F)(F)C(F)(F)CCC(F)(F)F. The fourth-order valence-corrected chi connectivity index (χ4v) is 1.07. The van der Waals surface area contributed by atoms with Gasteiger partial charge in [0.2, 0.25) is 0 Å². The molecule has 1 N–H and O–H groups in total. The maximum absolute atomic E-state index is 13.0. The second kappa shape index (κ2) is 5.54. The summed E-state index contributed by atoms with van der Waals surface area (Å²) in [5.41, 5.74) is 4.86. The van der Waals surface area contributed by atoms with Gasteiger partial charge in [-0.1, -0.05) is 0 Å². The molecule has 0 aliphatic carbocycles. The van der Waals surface area contributed by atoms with Crippen molar-refractivity contribution in [2.24, 2.45) is 0 Å². The van der Waals surface area contributed by atoms with Gasteiger partial charge in [-0.2, -0.15) is 44.3 Å². The van der Waals surface area contributed by atoms with E-state index in [1.54, 1.807) is 0 Å². The van der Waals surface area contributed by atoms with Crippen molar-refractivity contribution in [3.8, 4) is 0 Å². The van der Waals surface area contributed by atoms with Crippen molar-refractivity contribution < 1.29 is 54.2 Å². The number of hydrogen-bond acceptors (Lipinski definition) is 1. The van der Waals surface area contributed by atoms with Gasteiger partial charge in [-0.3, -0.25) is 0 Å². The molecule has 4 nitrogen and oxygen atoms in total. The van der Waals surface area contributed by atoms with Gasteiger partial charge in [0.05, 0.1) is 0 Å². The Hall–Kier alpha value is -1.78. The molecule has 0 aliphatic rings. The first-order valence-corrected chi connectivity index (χ1v) is 4.76. The van der Waals surface area contributed by atoms with Crippen LogP contribution in [-0.4, -0.2) is 45.5 Å². The highest BCUT2D eigenvalue weighted by Crippen LogP contribution is 2.49. The number of carboxylic acids is 1. The molecule has 0 saturated carbocycles. The van der Waals surface area contributed by atoms with Gasteiger partial charge >= 0.3 is 35.6 Å². The third-order valence-electron chi connectivity index (χ3n) is 2.18. The van der Waals surface area contributed by atoms with Crippen LogP contribution in [0.4, 0.5) is 39.5 Å². The smallest absolute Gasteiger partial charge is 0.450 e. The highest BCUT2D eigenvalue weighted by Gasteiger charge is 2.78. The number of nitrogens with zero attached hydrogens (tertiary/aromatic N) is 2. The zero-order chi connectivity index (χ0) is 17.3. The van der Waals surface area contributed by atoms with E-state index in [0.29, 0.717) is 0 Å². The maximum atomic E-state index is 13.0. The Bertz CT molecular complexity index is 465. The quantitative estimate of drug-likeness (QED) is 0.351. The third-order valence-corrected chi connectivity index (χ3v) is 2.18. The highest BCUT2D eigenvalue weighted by molar-refractivity contribution is 6.36. The van der Waals surface area contributed by atoms with E-state index in [9.17, 15) is 44.3 Å². The van der Waals surface area contributed by atoms with Crippen LogP contribution in [0, 0.1) is 0 Å². The largest absolute Gasteiger partial charge is 0.472 e. The molecule has 0 spiro atoms. The van der Waals surface area contributed by atoms with E-state index in [-0.39, 0.29) is 0 Å². The van der Waals surface area contributed by atoms with Crippen molar-refractivity contribution in [3.63, 3.8) is 0 Å². The lowest BCUT2D eigenvalue weighted by Crippen LogP contribution is -2.59. The van der Waals surface area contributed by atoms with Crippen molar-refractivity contribution >= 4 is 11.7 Å². The molecule has 0 heterocycles. The minimum Gasteiger partial charge on any atom is -0.472 e. The summed E-state index contributed by atoms with van der Waals surface area (Å²) in [6, 6.07) is 0. The van der Waals surface area contributed by atoms with Gasteiger partial charge in [0.25, 0.3) is 0 Å². The molecule has 122 valence electrons. The van der Waals surface area contributed by atoms with Crippen LogP contribution in [0.2, 0.25) is 0 Å². The minimum absolute atomic E-state index is 1.28. The van der Waals surface area contributed by atoms with Crippen molar-refractivity contribution in [3.05, 3.63) is 5.53 Å². The zero-order valence-corrected chi connectivity index (χ0v) is 9.57. The summed E-state index contributed by atoms with van der Waals surface area (Å²) in [5, 5.41) is 8.07. The fraction of sp³-hybridized carbons (Fsp3) is 0.750. The molecular formula is C8H5F9N2O2. The first-order chi connectivity index (χ1) is 9.10. The van der Waals surface area contributed by atoms with Crippen LogP contribution >= 0.6 is 0 Å². The van der Waals surface area contributed by atoms with Crippen LogP contribution in [0.15, 0.2) is 0 Å². The number of carbonyl (C=O) groups is 1. The second-order valence-electron chi connectivity index (χ2n) is 3.72. The van der Waals surface area contributed by atoms with Crippen molar-refractivity contribution in [2.45, 2.75) is 36.8 Å². The van der Waals surface area contributed by atoms with Gasteiger partial charge in [0.1, 0.15) is 0 Å². The Labute approximate surface area is 109 Å². The highest BCUT2D eigenvalue weighted by atomic mass is 19.4. The van der Waals surface area contributed by atoms with Gasteiger partial charge in [0.15, 0.2) is 0 Å². The molecule has 0 bridgehead atoms.